The van der Waals surface area contributed by atoms with E-state index in [-0.39, 0.29) is 0 Å². The molecule has 0 radical (unpaired) electrons. The molecule has 0 spiro atoms. The topological polar surface area (TPSA) is 60.2 Å². The third-order valence-corrected chi connectivity index (χ3v) is 5.87. The van der Waals surface area contributed by atoms with Gasteiger partial charge in [0.2, 0.25) is 0 Å². The fourth-order valence-corrected chi connectivity index (χ4v) is 4.39. The molecular weight excluding hydrogens is 234 g/mol. The molecule has 0 aromatic heterocycles. The monoisotopic (exact) mass is 253 g/mol. The van der Waals surface area contributed by atoms with Gasteiger partial charge in [-0.2, -0.15) is 0 Å². The Kier molecular flexibility index (Phi) is 3.27. The van der Waals surface area contributed by atoms with Crippen LogP contribution in [0.25, 0.3) is 0 Å². The van der Waals surface area contributed by atoms with Crippen LogP contribution in [0.5, 0.6) is 0 Å². The second-order valence-electron chi connectivity index (χ2n) is 4.88. The first-order valence-corrected chi connectivity index (χ1v) is 7.88. The maximum Gasteiger partial charge on any atom is 0.157 e. The van der Waals surface area contributed by atoms with E-state index >= 15 is 0 Å². The average molecular weight is 253 g/mol. The summed E-state index contributed by atoms with van der Waals surface area (Å²) in [6.45, 7) is 0.452. The van der Waals surface area contributed by atoms with Crippen molar-refractivity contribution in [3.8, 4) is 0 Å². The fourth-order valence-electron chi connectivity index (χ4n) is 2.80. The predicted molar refractivity (Wildman–Crippen MR) is 69.3 cm³/mol. The Morgan fingerprint density at radius 2 is 1.94 bits per heavy atom. The highest BCUT2D eigenvalue weighted by molar-refractivity contribution is 7.91. The molecular formula is C13H19NO2S. The standard InChI is InChI=1S/C13H19NO2S/c1-17(15,16)13(7-2-3-8-13)12-6-4-5-11(9-12)10-14/h4-6,9H,2-3,7-8,10,14H2,1H3. The summed E-state index contributed by atoms with van der Waals surface area (Å²) >= 11 is 0. The highest BCUT2D eigenvalue weighted by Gasteiger charge is 2.44. The van der Waals surface area contributed by atoms with Crippen LogP contribution >= 0.6 is 0 Å². The van der Waals surface area contributed by atoms with Crippen molar-refractivity contribution in [3.63, 3.8) is 0 Å². The van der Waals surface area contributed by atoms with E-state index in [2.05, 4.69) is 0 Å². The largest absolute Gasteiger partial charge is 0.326 e. The number of sulfone groups is 1. The lowest BCUT2D eigenvalue weighted by Crippen LogP contribution is -2.32. The maximum atomic E-state index is 12.1. The number of hydrogen-bond acceptors (Lipinski definition) is 3. The molecule has 17 heavy (non-hydrogen) atoms. The molecule has 2 rings (SSSR count). The van der Waals surface area contributed by atoms with E-state index in [1.807, 2.05) is 24.3 Å². The summed E-state index contributed by atoms with van der Waals surface area (Å²) in [5.74, 6) is 0. The molecule has 1 fully saturated rings. The minimum absolute atomic E-state index is 0.452. The SMILES string of the molecule is CS(=O)(=O)C1(c2cccc(CN)c2)CCCC1. The lowest BCUT2D eigenvalue weighted by atomic mass is 9.95. The molecule has 2 N–H and O–H groups in total. The molecule has 1 aromatic rings. The second-order valence-corrected chi connectivity index (χ2v) is 7.20. The molecule has 4 heteroatoms. The van der Waals surface area contributed by atoms with Crippen molar-refractivity contribution < 1.29 is 8.42 Å². The van der Waals surface area contributed by atoms with E-state index in [1.54, 1.807) is 0 Å². The second kappa shape index (κ2) is 4.42. The third-order valence-electron chi connectivity index (χ3n) is 3.81. The van der Waals surface area contributed by atoms with Gasteiger partial charge in [-0.25, -0.2) is 8.42 Å². The third kappa shape index (κ3) is 2.11. The molecule has 0 unspecified atom stereocenters. The van der Waals surface area contributed by atoms with E-state index in [0.717, 1.165) is 36.8 Å². The van der Waals surface area contributed by atoms with Crippen LogP contribution in [0.1, 0.15) is 36.8 Å². The Morgan fingerprint density at radius 1 is 1.29 bits per heavy atom. The van der Waals surface area contributed by atoms with E-state index in [1.165, 1.54) is 6.26 Å². The Balaban J connectivity index is 2.54. The highest BCUT2D eigenvalue weighted by atomic mass is 32.2. The normalized spacial score (nSPS) is 19.4. The first-order chi connectivity index (χ1) is 7.99. The van der Waals surface area contributed by atoms with Crippen molar-refractivity contribution >= 4 is 9.84 Å². The average Bonchev–Trinajstić information content (AvgIpc) is 2.79. The number of nitrogens with two attached hydrogens (primary N) is 1. The Morgan fingerprint density at radius 3 is 2.47 bits per heavy atom. The van der Waals surface area contributed by atoms with Gasteiger partial charge in [-0.3, -0.25) is 0 Å². The molecule has 1 aliphatic carbocycles. The number of rotatable bonds is 3. The molecule has 3 nitrogen and oxygen atoms in total. The molecule has 1 saturated carbocycles. The predicted octanol–water partition coefficient (Wildman–Crippen LogP) is 1.96. The van der Waals surface area contributed by atoms with Crippen molar-refractivity contribution in [1.82, 2.24) is 0 Å². The zero-order valence-electron chi connectivity index (χ0n) is 10.1. The minimum Gasteiger partial charge on any atom is -0.326 e. The van der Waals surface area contributed by atoms with E-state index < -0.39 is 14.6 Å². The van der Waals surface area contributed by atoms with Crippen LogP contribution < -0.4 is 5.73 Å². The quantitative estimate of drug-likeness (QED) is 0.895. The van der Waals surface area contributed by atoms with Crippen LogP contribution in [0.2, 0.25) is 0 Å². The van der Waals surface area contributed by atoms with Crippen molar-refractivity contribution in [2.75, 3.05) is 6.26 Å². The summed E-state index contributed by atoms with van der Waals surface area (Å²) in [5.41, 5.74) is 7.53. The van der Waals surface area contributed by atoms with Crippen LogP contribution in [0.3, 0.4) is 0 Å². The van der Waals surface area contributed by atoms with Crippen molar-refractivity contribution in [3.05, 3.63) is 35.4 Å². The van der Waals surface area contributed by atoms with Crippen LogP contribution in [0.4, 0.5) is 0 Å². The van der Waals surface area contributed by atoms with E-state index in [4.69, 9.17) is 5.73 Å². The lowest BCUT2D eigenvalue weighted by molar-refractivity contribution is 0.529. The Bertz CT molecular complexity index is 502. The van der Waals surface area contributed by atoms with Gasteiger partial charge >= 0.3 is 0 Å². The number of hydrogen-bond donors (Lipinski definition) is 1. The van der Waals surface area contributed by atoms with Crippen LogP contribution in [-0.4, -0.2) is 14.7 Å². The van der Waals surface area contributed by atoms with Gasteiger partial charge in [-0.15, -0.1) is 0 Å². The zero-order valence-corrected chi connectivity index (χ0v) is 11.0. The first kappa shape index (κ1) is 12.6. The molecule has 0 heterocycles. The Labute approximate surface area is 103 Å². The highest BCUT2D eigenvalue weighted by Crippen LogP contribution is 2.45. The van der Waals surface area contributed by atoms with Gasteiger partial charge in [-0.05, 0) is 24.0 Å². The van der Waals surface area contributed by atoms with Crippen LogP contribution in [-0.2, 0) is 21.1 Å². The van der Waals surface area contributed by atoms with Crippen molar-refractivity contribution in [2.45, 2.75) is 37.0 Å². The van der Waals surface area contributed by atoms with E-state index in [0.29, 0.717) is 6.54 Å². The summed E-state index contributed by atoms with van der Waals surface area (Å²) in [6, 6.07) is 7.72. The van der Waals surface area contributed by atoms with Gasteiger partial charge in [0, 0.05) is 12.8 Å². The molecule has 94 valence electrons. The number of benzene rings is 1. The van der Waals surface area contributed by atoms with Gasteiger partial charge < -0.3 is 5.73 Å². The van der Waals surface area contributed by atoms with Gasteiger partial charge in [0.05, 0.1) is 4.75 Å². The molecule has 0 atom stereocenters. The van der Waals surface area contributed by atoms with Gasteiger partial charge in [0.25, 0.3) is 0 Å². The van der Waals surface area contributed by atoms with Gasteiger partial charge in [-0.1, -0.05) is 37.1 Å². The maximum absolute atomic E-state index is 12.1. The smallest absolute Gasteiger partial charge is 0.157 e. The van der Waals surface area contributed by atoms with Gasteiger partial charge in [0.15, 0.2) is 9.84 Å². The molecule has 0 aliphatic heterocycles. The fraction of sp³-hybridized carbons (Fsp3) is 0.538. The minimum atomic E-state index is -3.08. The molecule has 1 aliphatic rings. The first-order valence-electron chi connectivity index (χ1n) is 5.99. The van der Waals surface area contributed by atoms with Crippen LogP contribution in [0, 0.1) is 0 Å². The summed E-state index contributed by atoms with van der Waals surface area (Å²) in [5, 5.41) is 0. The molecule has 1 aromatic carbocycles. The Hall–Kier alpha value is -0.870. The lowest BCUT2D eigenvalue weighted by Gasteiger charge is -2.28. The molecule has 0 bridgehead atoms. The molecule has 0 saturated heterocycles. The van der Waals surface area contributed by atoms with Crippen molar-refractivity contribution in [1.29, 1.82) is 0 Å². The summed E-state index contributed by atoms with van der Waals surface area (Å²) < 4.78 is 23.6. The van der Waals surface area contributed by atoms with Crippen molar-refractivity contribution in [2.24, 2.45) is 5.73 Å². The van der Waals surface area contributed by atoms with Crippen LogP contribution in [0.15, 0.2) is 24.3 Å². The molecule has 0 amide bonds. The zero-order chi connectivity index (χ0) is 12.5. The van der Waals surface area contributed by atoms with E-state index in [9.17, 15) is 8.42 Å². The summed E-state index contributed by atoms with van der Waals surface area (Å²) in [4.78, 5) is 0. The summed E-state index contributed by atoms with van der Waals surface area (Å²) in [7, 11) is -3.08. The summed E-state index contributed by atoms with van der Waals surface area (Å²) in [6.07, 6.45) is 4.80. The van der Waals surface area contributed by atoms with Gasteiger partial charge in [0.1, 0.15) is 0 Å².